The molecular weight excluding hydrogens is 543 g/mol. The molecule has 1 unspecified atom stereocenters. The van der Waals surface area contributed by atoms with Crippen LogP contribution in [-0.4, -0.2) is 57.7 Å². The summed E-state index contributed by atoms with van der Waals surface area (Å²) in [5, 5.41) is 9.20. The first-order chi connectivity index (χ1) is 15.5. The average Bonchev–Trinajstić information content (AvgIpc) is 3.25. The molecule has 0 spiro atoms. The van der Waals surface area contributed by atoms with Crippen molar-refractivity contribution in [3.05, 3.63) is 60.2 Å². The van der Waals surface area contributed by atoms with Gasteiger partial charge in [-0.2, -0.15) is 8.78 Å². The van der Waals surface area contributed by atoms with E-state index in [1.165, 1.54) is 5.56 Å². The molecule has 2 aromatic rings. The number of benzene rings is 2. The van der Waals surface area contributed by atoms with E-state index < -0.39 is 6.61 Å². The lowest BCUT2D eigenvalue weighted by Gasteiger charge is -2.22. The first-order valence-electron chi connectivity index (χ1n) is 10.6. The van der Waals surface area contributed by atoms with Crippen molar-refractivity contribution in [1.82, 2.24) is 16.0 Å². The van der Waals surface area contributed by atoms with Gasteiger partial charge >= 0.3 is 6.61 Å². The molecule has 1 fully saturated rings. The minimum atomic E-state index is -2.87. The van der Waals surface area contributed by atoms with Gasteiger partial charge in [0.2, 0.25) is 5.91 Å². The Balaban J connectivity index is 0.00000385. The van der Waals surface area contributed by atoms with Gasteiger partial charge < -0.3 is 25.6 Å². The van der Waals surface area contributed by atoms with Gasteiger partial charge in [-0.15, -0.1) is 24.0 Å². The van der Waals surface area contributed by atoms with Crippen molar-refractivity contribution in [3.63, 3.8) is 0 Å². The van der Waals surface area contributed by atoms with Crippen LogP contribution in [0, 0.1) is 0 Å². The van der Waals surface area contributed by atoms with Gasteiger partial charge in [-0.25, -0.2) is 0 Å². The zero-order chi connectivity index (χ0) is 22.8. The molecule has 3 rings (SSSR count). The van der Waals surface area contributed by atoms with Crippen LogP contribution < -0.4 is 25.6 Å². The molecule has 7 nitrogen and oxygen atoms in total. The standard InChI is InChI=1S/C23H29F2N5O2.HI/c1-26-23(28-15-21(31)27-13-11-17-7-3-2-4-8-17)29-18-12-14-30(16-18)19-9-5-6-10-20(19)32-22(24)25;/h2-10,18,22H,11-16H2,1H3,(H,27,31)(H2,26,28,29);1H. The molecule has 10 heteroatoms. The van der Waals surface area contributed by atoms with E-state index in [4.69, 9.17) is 0 Å². The molecule has 180 valence electrons. The zero-order valence-electron chi connectivity index (χ0n) is 18.5. The number of hydrogen-bond acceptors (Lipinski definition) is 4. The lowest BCUT2D eigenvalue weighted by molar-refractivity contribution is -0.119. The highest BCUT2D eigenvalue weighted by Crippen LogP contribution is 2.31. The Morgan fingerprint density at radius 2 is 1.88 bits per heavy atom. The van der Waals surface area contributed by atoms with Crippen LogP contribution >= 0.6 is 24.0 Å². The molecule has 1 aliphatic heterocycles. The molecule has 3 N–H and O–H groups in total. The predicted octanol–water partition coefficient (Wildman–Crippen LogP) is 3.01. The second-order valence-electron chi connectivity index (χ2n) is 7.43. The van der Waals surface area contributed by atoms with Crippen LogP contribution in [0.4, 0.5) is 14.5 Å². The van der Waals surface area contributed by atoms with Gasteiger partial charge in [0.15, 0.2) is 5.96 Å². The summed E-state index contributed by atoms with van der Waals surface area (Å²) in [6.45, 7) is -0.898. The van der Waals surface area contributed by atoms with E-state index in [2.05, 4.69) is 25.7 Å². The number of carbonyl (C=O) groups is 1. The van der Waals surface area contributed by atoms with E-state index in [0.717, 1.165) is 12.8 Å². The molecule has 0 bridgehead atoms. The SMILES string of the molecule is CN=C(NCC(=O)NCCc1ccccc1)NC1CCN(c2ccccc2OC(F)F)C1.I. The fourth-order valence-corrected chi connectivity index (χ4v) is 3.62. The Morgan fingerprint density at radius 3 is 2.61 bits per heavy atom. The summed E-state index contributed by atoms with van der Waals surface area (Å²) in [5.41, 5.74) is 1.81. The quantitative estimate of drug-likeness (QED) is 0.245. The Hall–Kier alpha value is -2.63. The zero-order valence-corrected chi connectivity index (χ0v) is 20.8. The molecule has 1 atom stereocenters. The van der Waals surface area contributed by atoms with Crippen LogP contribution in [0.3, 0.4) is 0 Å². The summed E-state index contributed by atoms with van der Waals surface area (Å²) in [6.07, 6.45) is 1.57. The number of amides is 1. The topological polar surface area (TPSA) is 78.0 Å². The van der Waals surface area contributed by atoms with Gasteiger partial charge in [-0.3, -0.25) is 9.79 Å². The maximum atomic E-state index is 12.7. The molecule has 0 aromatic heterocycles. The molecule has 1 amide bonds. The maximum Gasteiger partial charge on any atom is 0.387 e. The number of nitrogens with one attached hydrogen (secondary N) is 3. The smallest absolute Gasteiger partial charge is 0.387 e. The van der Waals surface area contributed by atoms with Crippen molar-refractivity contribution in [2.45, 2.75) is 25.5 Å². The third kappa shape index (κ3) is 8.67. The molecule has 0 aliphatic carbocycles. The lowest BCUT2D eigenvalue weighted by atomic mass is 10.1. The van der Waals surface area contributed by atoms with Crippen molar-refractivity contribution in [1.29, 1.82) is 0 Å². The Morgan fingerprint density at radius 1 is 1.15 bits per heavy atom. The van der Waals surface area contributed by atoms with E-state index in [9.17, 15) is 13.6 Å². The van der Waals surface area contributed by atoms with Crippen LogP contribution in [-0.2, 0) is 11.2 Å². The van der Waals surface area contributed by atoms with Gasteiger partial charge in [0.05, 0.1) is 12.2 Å². The van der Waals surface area contributed by atoms with Crippen LogP contribution in [0.5, 0.6) is 5.75 Å². The molecule has 33 heavy (non-hydrogen) atoms. The summed E-state index contributed by atoms with van der Waals surface area (Å²) < 4.78 is 30.0. The van der Waals surface area contributed by atoms with E-state index in [1.807, 2.05) is 35.2 Å². The number of anilines is 1. The van der Waals surface area contributed by atoms with Gasteiger partial charge in [-0.05, 0) is 30.5 Å². The van der Waals surface area contributed by atoms with Crippen molar-refractivity contribution < 1.29 is 18.3 Å². The van der Waals surface area contributed by atoms with E-state index >= 15 is 0 Å². The summed E-state index contributed by atoms with van der Waals surface area (Å²) in [7, 11) is 1.64. The molecule has 1 heterocycles. The molecule has 1 saturated heterocycles. The first kappa shape index (κ1) is 26.6. The number of alkyl halides is 2. The van der Waals surface area contributed by atoms with E-state index in [1.54, 1.807) is 31.3 Å². The second-order valence-corrected chi connectivity index (χ2v) is 7.43. The average molecular weight is 573 g/mol. The number of rotatable bonds is 9. The number of guanidine groups is 1. The van der Waals surface area contributed by atoms with Crippen molar-refractivity contribution in [3.8, 4) is 5.75 Å². The number of para-hydroxylation sites is 2. The second kappa shape index (κ2) is 13.8. The summed E-state index contributed by atoms with van der Waals surface area (Å²) in [4.78, 5) is 18.3. The van der Waals surface area contributed by atoms with E-state index in [-0.39, 0.29) is 48.2 Å². The highest BCUT2D eigenvalue weighted by molar-refractivity contribution is 14.0. The Bertz CT molecular complexity index is 901. The number of hydrogen-bond donors (Lipinski definition) is 3. The summed E-state index contributed by atoms with van der Waals surface area (Å²) in [6, 6.07) is 16.8. The van der Waals surface area contributed by atoms with Gasteiger partial charge in [0.25, 0.3) is 0 Å². The van der Waals surface area contributed by atoms with Crippen LogP contribution in [0.2, 0.25) is 0 Å². The van der Waals surface area contributed by atoms with Gasteiger partial charge in [-0.1, -0.05) is 42.5 Å². The Kier molecular flexibility index (Phi) is 11.1. The lowest BCUT2D eigenvalue weighted by Crippen LogP contribution is -2.47. The summed E-state index contributed by atoms with van der Waals surface area (Å²) >= 11 is 0. The molecule has 0 radical (unpaired) electrons. The minimum absolute atomic E-state index is 0. The predicted molar refractivity (Wildman–Crippen MR) is 137 cm³/mol. The van der Waals surface area contributed by atoms with Crippen LogP contribution in [0.1, 0.15) is 12.0 Å². The fourth-order valence-electron chi connectivity index (χ4n) is 3.62. The number of carbonyl (C=O) groups excluding carboxylic acids is 1. The van der Waals surface area contributed by atoms with Crippen LogP contribution in [0.25, 0.3) is 0 Å². The Labute approximate surface area is 210 Å². The van der Waals surface area contributed by atoms with Crippen molar-refractivity contribution in [2.75, 3.05) is 38.1 Å². The van der Waals surface area contributed by atoms with Gasteiger partial charge in [0, 0.05) is 32.7 Å². The van der Waals surface area contributed by atoms with E-state index in [0.29, 0.717) is 31.3 Å². The molecule has 1 aliphatic rings. The number of ether oxygens (including phenoxy) is 1. The number of nitrogens with zero attached hydrogens (tertiary/aromatic N) is 2. The molecular formula is C23H30F2IN5O2. The fraction of sp³-hybridized carbons (Fsp3) is 0.391. The highest BCUT2D eigenvalue weighted by atomic mass is 127. The van der Waals surface area contributed by atoms with Crippen molar-refractivity contribution >= 4 is 41.5 Å². The molecule has 0 saturated carbocycles. The third-order valence-electron chi connectivity index (χ3n) is 5.17. The first-order valence-corrected chi connectivity index (χ1v) is 10.6. The maximum absolute atomic E-state index is 12.7. The normalized spacial score (nSPS) is 15.7. The minimum Gasteiger partial charge on any atom is -0.433 e. The third-order valence-corrected chi connectivity index (χ3v) is 5.17. The summed E-state index contributed by atoms with van der Waals surface area (Å²) in [5.74, 6) is 0.569. The highest BCUT2D eigenvalue weighted by Gasteiger charge is 2.26. The van der Waals surface area contributed by atoms with Crippen LogP contribution in [0.15, 0.2) is 59.6 Å². The largest absolute Gasteiger partial charge is 0.433 e. The number of aliphatic imine (C=N–C) groups is 1. The van der Waals surface area contributed by atoms with Gasteiger partial charge in [0.1, 0.15) is 5.75 Å². The molecule has 2 aromatic carbocycles. The monoisotopic (exact) mass is 573 g/mol. The number of halogens is 3. The van der Waals surface area contributed by atoms with Crippen molar-refractivity contribution in [2.24, 2.45) is 4.99 Å².